The molecule has 3 nitrogen and oxygen atoms in total. The second-order valence-corrected chi connectivity index (χ2v) is 7.03. The van der Waals surface area contributed by atoms with Crippen molar-refractivity contribution in [2.45, 2.75) is 64.1 Å². The van der Waals surface area contributed by atoms with Gasteiger partial charge in [0.05, 0.1) is 0 Å². The molecule has 1 aromatic rings. The van der Waals surface area contributed by atoms with E-state index in [1.807, 2.05) is 0 Å². The minimum Gasteiger partial charge on any atom is -0.483 e. The van der Waals surface area contributed by atoms with Crippen LogP contribution in [0.3, 0.4) is 0 Å². The largest absolute Gasteiger partial charge is 0.483 e. The van der Waals surface area contributed by atoms with Crippen LogP contribution in [0.15, 0.2) is 18.2 Å². The van der Waals surface area contributed by atoms with E-state index in [2.05, 4.69) is 44.3 Å². The van der Waals surface area contributed by atoms with Crippen molar-refractivity contribution in [3.05, 3.63) is 23.8 Å². The van der Waals surface area contributed by atoms with Gasteiger partial charge in [-0.2, -0.15) is 0 Å². The van der Waals surface area contributed by atoms with Crippen molar-refractivity contribution >= 4 is 0 Å². The number of benzene rings is 1. The molecule has 0 unspecified atom stereocenters. The SMILES string of the molecule is CCNCCC1(Oc2cccc3c2OC(C)(C)C3)CCC1. The lowest BCUT2D eigenvalue weighted by Gasteiger charge is -2.42. The van der Waals surface area contributed by atoms with Gasteiger partial charge in [-0.05, 0) is 58.7 Å². The Labute approximate surface area is 128 Å². The van der Waals surface area contributed by atoms with E-state index < -0.39 is 0 Å². The third kappa shape index (κ3) is 3.03. The Kier molecular flexibility index (Phi) is 3.87. The third-order valence-electron chi connectivity index (χ3n) is 4.65. The van der Waals surface area contributed by atoms with Crippen LogP contribution in [0.4, 0.5) is 0 Å². The van der Waals surface area contributed by atoms with Gasteiger partial charge in [0.1, 0.15) is 11.2 Å². The molecule has 1 N–H and O–H groups in total. The number of hydrogen-bond acceptors (Lipinski definition) is 3. The van der Waals surface area contributed by atoms with Crippen molar-refractivity contribution in [1.82, 2.24) is 5.32 Å². The molecule has 1 aliphatic carbocycles. The van der Waals surface area contributed by atoms with Crippen molar-refractivity contribution in [2.75, 3.05) is 13.1 Å². The average Bonchev–Trinajstić information content (AvgIpc) is 2.71. The quantitative estimate of drug-likeness (QED) is 0.810. The van der Waals surface area contributed by atoms with Crippen molar-refractivity contribution in [3.63, 3.8) is 0 Å². The zero-order valence-electron chi connectivity index (χ0n) is 13.5. The van der Waals surface area contributed by atoms with Crippen LogP contribution in [0.25, 0.3) is 0 Å². The number of para-hydroxylation sites is 1. The minimum atomic E-state index is -0.113. The fourth-order valence-corrected chi connectivity index (χ4v) is 3.37. The highest BCUT2D eigenvalue weighted by Crippen LogP contribution is 2.46. The van der Waals surface area contributed by atoms with Crippen molar-refractivity contribution in [1.29, 1.82) is 0 Å². The Morgan fingerprint density at radius 1 is 1.29 bits per heavy atom. The molecule has 0 aromatic heterocycles. The number of ether oxygens (including phenoxy) is 2. The molecule has 1 aliphatic heterocycles. The van der Waals surface area contributed by atoms with E-state index in [9.17, 15) is 0 Å². The Hall–Kier alpha value is -1.22. The molecular weight excluding hydrogens is 262 g/mol. The molecule has 1 saturated carbocycles. The highest BCUT2D eigenvalue weighted by atomic mass is 16.5. The lowest BCUT2D eigenvalue weighted by molar-refractivity contribution is -0.0177. The molecule has 3 heteroatoms. The molecule has 21 heavy (non-hydrogen) atoms. The first-order valence-electron chi connectivity index (χ1n) is 8.24. The van der Waals surface area contributed by atoms with Gasteiger partial charge in [0.2, 0.25) is 0 Å². The molecule has 0 saturated heterocycles. The highest BCUT2D eigenvalue weighted by molar-refractivity contribution is 5.50. The summed E-state index contributed by atoms with van der Waals surface area (Å²) in [4.78, 5) is 0. The smallest absolute Gasteiger partial charge is 0.165 e. The van der Waals surface area contributed by atoms with E-state index >= 15 is 0 Å². The summed E-state index contributed by atoms with van der Waals surface area (Å²) in [5, 5.41) is 3.41. The molecule has 3 rings (SSSR count). The van der Waals surface area contributed by atoms with Crippen LogP contribution in [0.5, 0.6) is 11.5 Å². The number of nitrogens with one attached hydrogen (secondary N) is 1. The highest BCUT2D eigenvalue weighted by Gasteiger charge is 2.41. The maximum absolute atomic E-state index is 6.46. The minimum absolute atomic E-state index is 0.0212. The molecule has 116 valence electrons. The summed E-state index contributed by atoms with van der Waals surface area (Å²) in [6.07, 6.45) is 5.63. The maximum Gasteiger partial charge on any atom is 0.165 e. The van der Waals surface area contributed by atoms with E-state index in [0.29, 0.717) is 0 Å². The normalized spacial score (nSPS) is 21.3. The number of fused-ring (bicyclic) bond motifs is 1. The van der Waals surface area contributed by atoms with Crippen molar-refractivity contribution in [3.8, 4) is 11.5 Å². The van der Waals surface area contributed by atoms with Crippen LogP contribution in [0.1, 0.15) is 52.0 Å². The van der Waals surface area contributed by atoms with Crippen LogP contribution in [-0.4, -0.2) is 24.3 Å². The number of hydrogen-bond donors (Lipinski definition) is 1. The number of rotatable bonds is 6. The lowest BCUT2D eigenvalue weighted by Crippen LogP contribution is -2.45. The molecule has 0 radical (unpaired) electrons. The van der Waals surface area contributed by atoms with Crippen LogP contribution >= 0.6 is 0 Å². The molecule has 0 spiro atoms. The predicted molar refractivity (Wildman–Crippen MR) is 85.2 cm³/mol. The van der Waals surface area contributed by atoms with E-state index in [0.717, 1.165) is 50.3 Å². The predicted octanol–water partition coefficient (Wildman–Crippen LogP) is 3.70. The van der Waals surface area contributed by atoms with E-state index in [-0.39, 0.29) is 11.2 Å². The standard InChI is InChI=1S/C18H27NO2/c1-4-19-12-11-18(9-6-10-18)20-15-8-5-7-14-13-17(2,3)21-16(14)15/h5,7-8,19H,4,6,9-13H2,1-3H3. The molecule has 1 fully saturated rings. The van der Waals surface area contributed by atoms with Crippen LogP contribution in [0.2, 0.25) is 0 Å². The van der Waals surface area contributed by atoms with Gasteiger partial charge in [0.25, 0.3) is 0 Å². The molecule has 0 atom stereocenters. The summed E-state index contributed by atoms with van der Waals surface area (Å²) in [6, 6.07) is 6.31. The second kappa shape index (κ2) is 5.53. The summed E-state index contributed by atoms with van der Waals surface area (Å²) in [6.45, 7) is 8.47. The van der Waals surface area contributed by atoms with Gasteiger partial charge in [-0.15, -0.1) is 0 Å². The zero-order chi connectivity index (χ0) is 14.9. The first kappa shape index (κ1) is 14.7. The summed E-state index contributed by atoms with van der Waals surface area (Å²) < 4.78 is 12.6. The summed E-state index contributed by atoms with van der Waals surface area (Å²) in [5.41, 5.74) is 1.18. The van der Waals surface area contributed by atoms with Gasteiger partial charge in [0, 0.05) is 12.0 Å². The first-order chi connectivity index (χ1) is 10.0. The average molecular weight is 289 g/mol. The van der Waals surface area contributed by atoms with Crippen molar-refractivity contribution < 1.29 is 9.47 Å². The monoisotopic (exact) mass is 289 g/mol. The first-order valence-corrected chi connectivity index (χ1v) is 8.24. The Morgan fingerprint density at radius 3 is 2.76 bits per heavy atom. The fraction of sp³-hybridized carbons (Fsp3) is 0.667. The Balaban J connectivity index is 1.75. The molecule has 2 aliphatic rings. The van der Waals surface area contributed by atoms with E-state index in [1.165, 1.54) is 12.0 Å². The second-order valence-electron chi connectivity index (χ2n) is 7.03. The van der Waals surface area contributed by atoms with E-state index in [1.54, 1.807) is 0 Å². The van der Waals surface area contributed by atoms with Gasteiger partial charge < -0.3 is 14.8 Å². The van der Waals surface area contributed by atoms with Gasteiger partial charge in [-0.25, -0.2) is 0 Å². The van der Waals surface area contributed by atoms with Gasteiger partial charge in [-0.1, -0.05) is 19.1 Å². The van der Waals surface area contributed by atoms with Gasteiger partial charge in [-0.3, -0.25) is 0 Å². The summed E-state index contributed by atoms with van der Waals surface area (Å²) >= 11 is 0. The Bertz CT molecular complexity index is 506. The van der Waals surface area contributed by atoms with Crippen LogP contribution in [-0.2, 0) is 6.42 Å². The Morgan fingerprint density at radius 2 is 2.10 bits per heavy atom. The maximum atomic E-state index is 6.46. The molecule has 1 heterocycles. The van der Waals surface area contributed by atoms with E-state index in [4.69, 9.17) is 9.47 Å². The summed E-state index contributed by atoms with van der Waals surface area (Å²) in [7, 11) is 0. The van der Waals surface area contributed by atoms with Crippen molar-refractivity contribution in [2.24, 2.45) is 0 Å². The summed E-state index contributed by atoms with van der Waals surface area (Å²) in [5.74, 6) is 1.91. The van der Waals surface area contributed by atoms with Gasteiger partial charge >= 0.3 is 0 Å². The zero-order valence-corrected chi connectivity index (χ0v) is 13.5. The topological polar surface area (TPSA) is 30.5 Å². The van der Waals surface area contributed by atoms with Gasteiger partial charge in [0.15, 0.2) is 11.5 Å². The molecule has 0 bridgehead atoms. The fourth-order valence-electron chi connectivity index (χ4n) is 3.37. The van der Waals surface area contributed by atoms with Crippen LogP contribution < -0.4 is 14.8 Å². The molecular formula is C18H27NO2. The van der Waals surface area contributed by atoms with Crippen LogP contribution in [0, 0.1) is 0 Å². The molecule has 0 amide bonds. The third-order valence-corrected chi connectivity index (χ3v) is 4.65. The lowest BCUT2D eigenvalue weighted by atomic mass is 9.77. The molecule has 1 aromatic carbocycles.